The average molecular weight is 483 g/mol. The molecule has 0 amide bonds. The van der Waals surface area contributed by atoms with Gasteiger partial charge in [-0.2, -0.15) is 18.2 Å². The Bertz CT molecular complexity index is 1470. The Balaban J connectivity index is 1.99. The summed E-state index contributed by atoms with van der Waals surface area (Å²) in [6.45, 7) is 0. The fourth-order valence-electron chi connectivity index (χ4n) is 3.71. The Morgan fingerprint density at radius 1 is 0.914 bits per heavy atom. The van der Waals surface area contributed by atoms with Gasteiger partial charge in [-0.05, 0) is 35.4 Å². The zero-order valence-corrected chi connectivity index (χ0v) is 18.3. The quantitative estimate of drug-likeness (QED) is 0.303. The molecule has 1 aromatic heterocycles. The summed E-state index contributed by atoms with van der Waals surface area (Å²) in [4.78, 5) is 16.6. The SMILES string of the molecule is Cn1c(-c2ccc(C(F)(F)F)cc2)cc(=O)nc1C(=C(N)c1ccccc1)c1ccc(F)cc1F. The van der Waals surface area contributed by atoms with Crippen LogP contribution in [0.2, 0.25) is 0 Å². The first-order valence-corrected chi connectivity index (χ1v) is 10.3. The molecule has 1 heterocycles. The third-order valence-corrected chi connectivity index (χ3v) is 5.44. The van der Waals surface area contributed by atoms with Crippen molar-refractivity contribution in [2.24, 2.45) is 12.8 Å². The second kappa shape index (κ2) is 9.17. The number of rotatable bonds is 4. The van der Waals surface area contributed by atoms with Crippen LogP contribution >= 0.6 is 0 Å². The minimum absolute atomic E-state index is 0.0297. The average Bonchev–Trinajstić information content (AvgIpc) is 2.82. The van der Waals surface area contributed by atoms with Crippen molar-refractivity contribution >= 4 is 11.3 Å². The molecule has 0 aliphatic carbocycles. The van der Waals surface area contributed by atoms with Gasteiger partial charge in [-0.3, -0.25) is 4.79 Å². The number of alkyl halides is 3. The first kappa shape index (κ1) is 23.9. The molecule has 0 saturated carbocycles. The van der Waals surface area contributed by atoms with Crippen LogP contribution in [-0.4, -0.2) is 9.55 Å². The smallest absolute Gasteiger partial charge is 0.398 e. The highest BCUT2D eigenvalue weighted by atomic mass is 19.4. The molecule has 0 bridgehead atoms. The summed E-state index contributed by atoms with van der Waals surface area (Å²) in [5.41, 5.74) is 5.91. The third kappa shape index (κ3) is 4.84. The lowest BCUT2D eigenvalue weighted by molar-refractivity contribution is -0.137. The van der Waals surface area contributed by atoms with Crippen molar-refractivity contribution in [3.8, 4) is 11.3 Å². The molecular formula is C26H18F5N3O. The maximum atomic E-state index is 14.9. The monoisotopic (exact) mass is 483 g/mol. The van der Waals surface area contributed by atoms with E-state index in [9.17, 15) is 26.7 Å². The van der Waals surface area contributed by atoms with E-state index in [1.807, 2.05) is 0 Å². The van der Waals surface area contributed by atoms with E-state index in [0.717, 1.165) is 24.3 Å². The van der Waals surface area contributed by atoms with E-state index in [1.165, 1.54) is 29.8 Å². The minimum atomic E-state index is -4.52. The molecule has 35 heavy (non-hydrogen) atoms. The van der Waals surface area contributed by atoms with E-state index in [4.69, 9.17) is 5.73 Å². The molecule has 4 rings (SSSR count). The van der Waals surface area contributed by atoms with Gasteiger partial charge in [-0.1, -0.05) is 42.5 Å². The molecule has 0 atom stereocenters. The third-order valence-electron chi connectivity index (χ3n) is 5.44. The second-order valence-electron chi connectivity index (χ2n) is 7.72. The molecule has 0 fully saturated rings. The predicted octanol–water partition coefficient (Wildman–Crippen LogP) is 5.62. The Morgan fingerprint density at radius 2 is 1.57 bits per heavy atom. The molecule has 9 heteroatoms. The van der Waals surface area contributed by atoms with Gasteiger partial charge in [0.25, 0.3) is 5.56 Å². The standard InChI is InChI=1S/C26H18F5N3O/c1-34-21(15-7-9-17(10-8-15)26(29,30)31)14-22(35)33-25(34)23(19-12-11-18(27)13-20(19)28)24(32)16-5-3-2-4-6-16/h2-14H,32H2,1H3. The maximum absolute atomic E-state index is 14.9. The molecule has 0 radical (unpaired) electrons. The minimum Gasteiger partial charge on any atom is -0.398 e. The Morgan fingerprint density at radius 3 is 2.17 bits per heavy atom. The van der Waals surface area contributed by atoms with Crippen molar-refractivity contribution < 1.29 is 22.0 Å². The molecule has 4 nitrogen and oxygen atoms in total. The molecule has 178 valence electrons. The summed E-state index contributed by atoms with van der Waals surface area (Å²) < 4.78 is 69.0. The van der Waals surface area contributed by atoms with Crippen molar-refractivity contribution in [3.05, 3.63) is 123 Å². The number of aromatic nitrogens is 2. The highest BCUT2D eigenvalue weighted by Gasteiger charge is 2.30. The van der Waals surface area contributed by atoms with Gasteiger partial charge >= 0.3 is 6.18 Å². The van der Waals surface area contributed by atoms with Crippen LogP contribution in [0.5, 0.6) is 0 Å². The molecular weight excluding hydrogens is 465 g/mol. The lowest BCUT2D eigenvalue weighted by Crippen LogP contribution is -2.19. The van der Waals surface area contributed by atoms with Gasteiger partial charge < -0.3 is 10.3 Å². The summed E-state index contributed by atoms with van der Waals surface area (Å²) in [6, 6.07) is 16.9. The molecule has 2 N–H and O–H groups in total. The predicted molar refractivity (Wildman–Crippen MR) is 123 cm³/mol. The van der Waals surface area contributed by atoms with Crippen molar-refractivity contribution in [1.29, 1.82) is 0 Å². The fourth-order valence-corrected chi connectivity index (χ4v) is 3.71. The maximum Gasteiger partial charge on any atom is 0.416 e. The van der Waals surface area contributed by atoms with Gasteiger partial charge in [0.1, 0.15) is 17.5 Å². The van der Waals surface area contributed by atoms with E-state index >= 15 is 0 Å². The van der Waals surface area contributed by atoms with E-state index in [2.05, 4.69) is 4.98 Å². The van der Waals surface area contributed by atoms with E-state index in [0.29, 0.717) is 17.2 Å². The summed E-state index contributed by atoms with van der Waals surface area (Å²) in [5, 5.41) is 0. The highest BCUT2D eigenvalue weighted by molar-refractivity contribution is 5.96. The molecule has 3 aromatic carbocycles. The first-order chi connectivity index (χ1) is 16.6. The van der Waals surface area contributed by atoms with Gasteiger partial charge in [0, 0.05) is 24.7 Å². The largest absolute Gasteiger partial charge is 0.416 e. The van der Waals surface area contributed by atoms with E-state index < -0.39 is 28.9 Å². The number of hydrogen-bond donors (Lipinski definition) is 1. The van der Waals surface area contributed by atoms with Gasteiger partial charge in [-0.25, -0.2) is 8.78 Å². The van der Waals surface area contributed by atoms with E-state index in [1.54, 1.807) is 30.3 Å². The zero-order chi connectivity index (χ0) is 25.3. The summed E-state index contributed by atoms with van der Waals surface area (Å²) >= 11 is 0. The topological polar surface area (TPSA) is 60.9 Å². The zero-order valence-electron chi connectivity index (χ0n) is 18.3. The number of nitrogens with zero attached hydrogens (tertiary/aromatic N) is 2. The second-order valence-corrected chi connectivity index (χ2v) is 7.72. The highest BCUT2D eigenvalue weighted by Crippen LogP contribution is 2.33. The molecule has 0 spiro atoms. The van der Waals surface area contributed by atoms with Crippen LogP contribution in [0.15, 0.2) is 83.7 Å². The van der Waals surface area contributed by atoms with Crippen LogP contribution in [-0.2, 0) is 13.2 Å². The van der Waals surface area contributed by atoms with Crippen LogP contribution < -0.4 is 11.3 Å². The van der Waals surface area contributed by atoms with Crippen molar-refractivity contribution in [2.45, 2.75) is 6.18 Å². The van der Waals surface area contributed by atoms with Crippen molar-refractivity contribution in [3.63, 3.8) is 0 Å². The van der Waals surface area contributed by atoms with Gasteiger partial charge in [-0.15, -0.1) is 0 Å². The Hall–Kier alpha value is -4.27. The summed E-state index contributed by atoms with van der Waals surface area (Å²) in [5.74, 6) is -1.77. The van der Waals surface area contributed by atoms with Crippen molar-refractivity contribution in [1.82, 2.24) is 9.55 Å². The first-order valence-electron chi connectivity index (χ1n) is 10.3. The van der Waals surface area contributed by atoms with Crippen LogP contribution in [0.4, 0.5) is 22.0 Å². The number of nitrogens with two attached hydrogens (primary N) is 1. The summed E-state index contributed by atoms with van der Waals surface area (Å²) in [7, 11) is 1.52. The van der Waals surface area contributed by atoms with Crippen LogP contribution in [0.1, 0.15) is 22.5 Å². The van der Waals surface area contributed by atoms with Gasteiger partial charge in [0.05, 0.1) is 22.5 Å². The van der Waals surface area contributed by atoms with Gasteiger partial charge in [0.2, 0.25) is 0 Å². The lowest BCUT2D eigenvalue weighted by Gasteiger charge is -2.19. The lowest BCUT2D eigenvalue weighted by atomic mass is 9.97. The normalized spacial score (nSPS) is 12.4. The Labute approximate surface area is 196 Å². The molecule has 0 aliphatic heterocycles. The van der Waals surface area contributed by atoms with Crippen LogP contribution in [0.3, 0.4) is 0 Å². The molecule has 0 unspecified atom stereocenters. The number of hydrogen-bond acceptors (Lipinski definition) is 3. The fraction of sp³-hybridized carbons (Fsp3) is 0.0769. The number of halogens is 5. The summed E-state index contributed by atoms with van der Waals surface area (Å²) in [6.07, 6.45) is -4.52. The molecule has 0 saturated heterocycles. The van der Waals surface area contributed by atoms with E-state index in [-0.39, 0.29) is 28.4 Å². The van der Waals surface area contributed by atoms with Gasteiger partial charge in [0.15, 0.2) is 0 Å². The Kier molecular flexibility index (Phi) is 6.26. The number of benzene rings is 3. The van der Waals surface area contributed by atoms with Crippen LogP contribution in [0.25, 0.3) is 22.5 Å². The molecule has 0 aliphatic rings. The molecule has 4 aromatic rings. The van der Waals surface area contributed by atoms with Crippen molar-refractivity contribution in [2.75, 3.05) is 0 Å². The van der Waals surface area contributed by atoms with Crippen LogP contribution in [0, 0.1) is 11.6 Å².